The van der Waals surface area contributed by atoms with Gasteiger partial charge in [0.2, 0.25) is 0 Å². The van der Waals surface area contributed by atoms with E-state index in [1.807, 2.05) is 146 Å². The predicted octanol–water partition coefficient (Wildman–Crippen LogP) is 11.6. The number of nitrogens with one attached hydrogen (secondary N) is 2. The van der Waals surface area contributed by atoms with Gasteiger partial charge in [0.05, 0.1) is 22.8 Å². The molecule has 0 radical (unpaired) electrons. The van der Waals surface area contributed by atoms with Gasteiger partial charge in [-0.1, -0.05) is 72.8 Å². The van der Waals surface area contributed by atoms with Crippen molar-refractivity contribution >= 4 is 70.2 Å². The van der Waals surface area contributed by atoms with Crippen LogP contribution in [-0.2, 0) is 64.6 Å². The van der Waals surface area contributed by atoms with Crippen molar-refractivity contribution in [1.29, 1.82) is 0 Å². The summed E-state index contributed by atoms with van der Waals surface area (Å²) in [4.78, 5) is 65.8. The van der Waals surface area contributed by atoms with Gasteiger partial charge in [0.15, 0.2) is 0 Å². The predicted molar refractivity (Wildman–Crippen MR) is 262 cm³/mol. The molecule has 338 valence electrons. The van der Waals surface area contributed by atoms with Crippen LogP contribution >= 0.6 is 0 Å². The summed E-state index contributed by atoms with van der Waals surface area (Å²) in [5.74, 6) is -1.51. The first kappa shape index (κ1) is 44.6. The third kappa shape index (κ3) is 9.94. The van der Waals surface area contributed by atoms with E-state index in [1.54, 1.807) is 0 Å². The fourth-order valence-corrected chi connectivity index (χ4v) is 8.43. The van der Waals surface area contributed by atoms with Crippen molar-refractivity contribution in [2.75, 3.05) is 0 Å². The first-order valence-corrected chi connectivity index (χ1v) is 22.0. The molecule has 12 heteroatoms. The van der Waals surface area contributed by atoms with Crippen LogP contribution in [0, 0.1) is 0 Å². The van der Waals surface area contributed by atoms with Crippen LogP contribution in [0.4, 0.5) is 0 Å². The van der Waals surface area contributed by atoms with E-state index in [9.17, 15) is 19.2 Å². The summed E-state index contributed by atoms with van der Waals surface area (Å²) in [5, 5.41) is 0. The van der Waals surface area contributed by atoms with Crippen molar-refractivity contribution < 1.29 is 38.1 Å². The Labute approximate surface area is 392 Å². The molecule has 2 aliphatic rings. The Morgan fingerprint density at radius 3 is 0.824 bits per heavy atom. The van der Waals surface area contributed by atoms with Crippen LogP contribution in [0.15, 0.2) is 121 Å². The molecule has 0 aliphatic carbocycles. The largest absolute Gasteiger partial charge is 0.461 e. The Kier molecular flexibility index (Phi) is 12.7. The lowest BCUT2D eigenvalue weighted by atomic mass is 10.0. The van der Waals surface area contributed by atoms with Gasteiger partial charge in [0, 0.05) is 72.0 Å². The number of hydrogen-bond acceptors (Lipinski definition) is 10. The first-order valence-electron chi connectivity index (χ1n) is 22.0. The van der Waals surface area contributed by atoms with E-state index in [1.165, 1.54) is 27.7 Å². The standard InChI is InChI=1S/C56H46N4O8/c1-33(61)65-29-37-9-5-13-41(25-37)53-45-17-19-47(57-45)54(42-14-6-10-38(26-42)30-66-34(2)62)49-21-23-51(59-49)56(44-16-8-12-40(28-44)32-68-36(4)64)52-24-22-50(60-52)55(48-20-18-46(53)58-48)43-15-7-11-39(27-43)31-67-35(3)63/h5-28,57,60H,29-32H2,1-4H3. The highest BCUT2D eigenvalue weighted by atomic mass is 16.5. The van der Waals surface area contributed by atoms with Crippen LogP contribution in [0.1, 0.15) is 72.7 Å². The van der Waals surface area contributed by atoms with Crippen molar-refractivity contribution in [2.45, 2.75) is 54.1 Å². The maximum absolute atomic E-state index is 11.9. The van der Waals surface area contributed by atoms with Crippen molar-refractivity contribution in [1.82, 2.24) is 19.9 Å². The molecule has 0 saturated carbocycles. The average molecular weight is 903 g/mol. The van der Waals surface area contributed by atoms with Crippen LogP contribution in [-0.4, -0.2) is 43.8 Å². The fraction of sp³-hybridized carbons (Fsp3) is 0.143. The van der Waals surface area contributed by atoms with Gasteiger partial charge >= 0.3 is 23.9 Å². The summed E-state index contributed by atoms with van der Waals surface area (Å²) in [7, 11) is 0. The normalized spacial score (nSPS) is 11.6. The number of aromatic amines is 2. The molecule has 7 aromatic rings. The molecule has 68 heavy (non-hydrogen) atoms. The van der Waals surface area contributed by atoms with Crippen molar-refractivity contribution in [2.24, 2.45) is 0 Å². The number of carbonyl (C=O) groups excluding carboxylic acids is 4. The van der Waals surface area contributed by atoms with Gasteiger partial charge in [0.25, 0.3) is 0 Å². The minimum Gasteiger partial charge on any atom is -0.461 e. The van der Waals surface area contributed by atoms with E-state index in [4.69, 9.17) is 28.9 Å². The maximum Gasteiger partial charge on any atom is 0.302 e. The Hall–Kier alpha value is -8.64. The number of aromatic nitrogens is 4. The monoisotopic (exact) mass is 902 g/mol. The van der Waals surface area contributed by atoms with Crippen molar-refractivity contribution in [3.63, 3.8) is 0 Å². The molecule has 2 N–H and O–H groups in total. The number of rotatable bonds is 12. The third-order valence-corrected chi connectivity index (χ3v) is 11.4. The van der Waals surface area contributed by atoms with Gasteiger partial charge in [-0.25, -0.2) is 9.97 Å². The van der Waals surface area contributed by atoms with E-state index in [2.05, 4.69) is 9.97 Å². The Balaban J connectivity index is 1.39. The molecule has 0 fully saturated rings. The molecule has 4 aromatic carbocycles. The third-order valence-electron chi connectivity index (χ3n) is 11.4. The molecule has 12 nitrogen and oxygen atoms in total. The summed E-state index contributed by atoms with van der Waals surface area (Å²) in [5.41, 5.74) is 15.6. The minimum absolute atomic E-state index is 0.102. The quantitative estimate of drug-likeness (QED) is 0.0891. The van der Waals surface area contributed by atoms with Crippen molar-refractivity contribution in [3.05, 3.63) is 166 Å². The summed E-state index contributed by atoms with van der Waals surface area (Å²) in [6, 6.07) is 39.5. The van der Waals surface area contributed by atoms with Crippen LogP contribution in [0.2, 0.25) is 0 Å². The van der Waals surface area contributed by atoms with Gasteiger partial charge in [0.1, 0.15) is 26.4 Å². The SMILES string of the molecule is CC(=O)OCc1cccc(-c2c3nc(c(-c4cccc(COC(C)=O)c4)c4ccc([nH]4)c(-c4cccc(COC(C)=O)c4)c4nc(c(-c5cccc(COC(C)=O)c5)c5ccc2[nH]5)C=C4)C=C3)c1. The van der Waals surface area contributed by atoms with E-state index in [0.29, 0.717) is 22.8 Å². The number of ether oxygens (including phenoxy) is 4. The zero-order valence-electron chi connectivity index (χ0n) is 37.8. The molecule has 0 atom stereocenters. The van der Waals surface area contributed by atoms with Gasteiger partial charge < -0.3 is 28.9 Å². The van der Waals surface area contributed by atoms with E-state index < -0.39 is 0 Å². The number of fused-ring (bicyclic) bond motifs is 8. The minimum atomic E-state index is -0.377. The lowest BCUT2D eigenvalue weighted by Gasteiger charge is -2.10. The number of nitrogens with zero attached hydrogens (tertiary/aromatic N) is 2. The number of benzene rings is 4. The highest BCUT2D eigenvalue weighted by Crippen LogP contribution is 2.39. The second-order valence-electron chi connectivity index (χ2n) is 16.4. The summed E-state index contributed by atoms with van der Waals surface area (Å²) in [6.07, 6.45) is 7.98. The number of H-pyrrole nitrogens is 2. The molecule has 3 aromatic heterocycles. The average Bonchev–Trinajstić information content (AvgIpc) is 4.18. The highest BCUT2D eigenvalue weighted by molar-refractivity contribution is 6.00. The lowest BCUT2D eigenvalue weighted by molar-refractivity contribution is -0.143. The maximum atomic E-state index is 11.9. The van der Waals surface area contributed by atoms with E-state index >= 15 is 0 Å². The van der Waals surface area contributed by atoms with Crippen LogP contribution in [0.25, 0.3) is 90.9 Å². The molecular formula is C56H46N4O8. The van der Waals surface area contributed by atoms with Gasteiger partial charge in [-0.2, -0.15) is 0 Å². The van der Waals surface area contributed by atoms with Crippen LogP contribution in [0.5, 0.6) is 0 Å². The smallest absolute Gasteiger partial charge is 0.302 e. The zero-order chi connectivity index (χ0) is 47.3. The molecule has 0 saturated heterocycles. The van der Waals surface area contributed by atoms with Gasteiger partial charge in [-0.15, -0.1) is 0 Å². The van der Waals surface area contributed by atoms with Crippen LogP contribution < -0.4 is 0 Å². The molecule has 0 spiro atoms. The summed E-state index contributed by atoms with van der Waals surface area (Å²) < 4.78 is 21.7. The van der Waals surface area contributed by atoms with Crippen LogP contribution in [0.3, 0.4) is 0 Å². The van der Waals surface area contributed by atoms with Crippen molar-refractivity contribution in [3.8, 4) is 44.5 Å². The molecule has 5 heterocycles. The molecular weight excluding hydrogens is 857 g/mol. The number of esters is 4. The molecule has 0 unspecified atom stereocenters. The van der Waals surface area contributed by atoms with Gasteiger partial charge in [-0.05, 0) is 117 Å². The van der Waals surface area contributed by atoms with E-state index in [0.717, 1.165) is 88.8 Å². The zero-order valence-corrected chi connectivity index (χ0v) is 37.8. The van der Waals surface area contributed by atoms with Gasteiger partial charge in [-0.3, -0.25) is 19.2 Å². The number of hydrogen-bond donors (Lipinski definition) is 2. The second kappa shape index (κ2) is 19.4. The molecule has 9 rings (SSSR count). The molecule has 8 bridgehead atoms. The Morgan fingerprint density at radius 2 is 0.603 bits per heavy atom. The summed E-state index contributed by atoms with van der Waals surface area (Å²) >= 11 is 0. The lowest BCUT2D eigenvalue weighted by Crippen LogP contribution is -1.99. The first-order chi connectivity index (χ1) is 32.9. The molecule has 0 amide bonds. The Morgan fingerprint density at radius 1 is 0.368 bits per heavy atom. The Bertz CT molecular complexity index is 2960. The fourth-order valence-electron chi connectivity index (χ4n) is 8.43. The second-order valence-corrected chi connectivity index (χ2v) is 16.4. The number of carbonyl (C=O) groups is 4. The topological polar surface area (TPSA) is 163 Å². The highest BCUT2D eigenvalue weighted by Gasteiger charge is 2.20. The molecule has 2 aliphatic heterocycles. The van der Waals surface area contributed by atoms with E-state index in [-0.39, 0.29) is 50.3 Å². The summed E-state index contributed by atoms with van der Waals surface area (Å²) in [6.45, 7) is 5.96.